The number of amides is 2. The van der Waals surface area contributed by atoms with Crippen LogP contribution in [0.3, 0.4) is 0 Å². The average Bonchev–Trinajstić information content (AvgIpc) is 2.84. The summed E-state index contributed by atoms with van der Waals surface area (Å²) in [4.78, 5) is 26.6. The smallest absolute Gasteiger partial charge is 0.254 e. The van der Waals surface area contributed by atoms with Crippen molar-refractivity contribution in [1.29, 1.82) is 0 Å². The molecule has 2 rings (SSSR count). The van der Waals surface area contributed by atoms with Crippen LogP contribution in [0.15, 0.2) is 0 Å². The molecular weight excluding hydrogens is 372 g/mol. The first-order valence-corrected chi connectivity index (χ1v) is 11.1. The maximum absolute atomic E-state index is 12.8. The van der Waals surface area contributed by atoms with E-state index in [9.17, 15) is 9.59 Å². The van der Waals surface area contributed by atoms with E-state index >= 15 is 0 Å². The number of unbranched alkanes of at least 4 members (excludes halogenated alkanes) is 1. The summed E-state index contributed by atoms with van der Waals surface area (Å²) in [7, 11) is 0. The van der Waals surface area contributed by atoms with Crippen LogP contribution in [0.2, 0.25) is 0 Å². The summed E-state index contributed by atoms with van der Waals surface area (Å²) in [6, 6.07) is 0. The molecule has 2 amide bonds. The second kappa shape index (κ2) is 8.95. The Bertz CT molecular complexity index is 708. The number of nitrogens with one attached hydrogen (secondary N) is 2. The van der Waals surface area contributed by atoms with E-state index in [-0.39, 0.29) is 28.6 Å². The molecular formula is C22H36N2O3S. The lowest BCUT2D eigenvalue weighted by molar-refractivity contribution is -0.118. The van der Waals surface area contributed by atoms with Gasteiger partial charge in [0, 0.05) is 30.6 Å². The second-order valence-electron chi connectivity index (χ2n) is 8.93. The van der Waals surface area contributed by atoms with Gasteiger partial charge in [0.1, 0.15) is 5.00 Å². The van der Waals surface area contributed by atoms with Gasteiger partial charge in [-0.05, 0) is 43.1 Å². The van der Waals surface area contributed by atoms with Gasteiger partial charge in [-0.2, -0.15) is 0 Å². The van der Waals surface area contributed by atoms with Crippen molar-refractivity contribution in [1.82, 2.24) is 5.32 Å². The molecule has 1 heterocycles. The predicted octanol–water partition coefficient (Wildman–Crippen LogP) is 4.92. The molecule has 0 unspecified atom stereocenters. The minimum absolute atomic E-state index is 0.00891. The van der Waals surface area contributed by atoms with Crippen LogP contribution in [0, 0.1) is 30.6 Å². The first-order valence-electron chi connectivity index (χ1n) is 10.3. The Labute approximate surface area is 173 Å². The molecule has 0 aromatic carbocycles. The first-order chi connectivity index (χ1) is 13.1. The number of aryl methyl sites for hydroxylation is 1. The van der Waals surface area contributed by atoms with Crippen LogP contribution >= 0.6 is 11.3 Å². The van der Waals surface area contributed by atoms with Gasteiger partial charge in [0.05, 0.1) is 5.56 Å². The molecule has 5 nitrogen and oxygen atoms in total. The van der Waals surface area contributed by atoms with Crippen molar-refractivity contribution in [3.63, 3.8) is 0 Å². The largest absolute Gasteiger partial charge is 0.381 e. The van der Waals surface area contributed by atoms with Crippen molar-refractivity contribution in [3.05, 3.63) is 16.0 Å². The van der Waals surface area contributed by atoms with Crippen LogP contribution in [-0.4, -0.2) is 31.6 Å². The van der Waals surface area contributed by atoms with Gasteiger partial charge in [-0.3, -0.25) is 9.59 Å². The topological polar surface area (TPSA) is 67.4 Å². The van der Waals surface area contributed by atoms with E-state index in [1.807, 2.05) is 13.8 Å². The molecule has 0 spiro atoms. The molecule has 1 fully saturated rings. The van der Waals surface area contributed by atoms with Crippen LogP contribution in [0.1, 0.15) is 74.7 Å². The highest BCUT2D eigenvalue weighted by Crippen LogP contribution is 2.68. The highest BCUT2D eigenvalue weighted by Gasteiger charge is 2.68. The summed E-state index contributed by atoms with van der Waals surface area (Å²) in [6.45, 7) is 16.5. The molecule has 1 aliphatic carbocycles. The lowest BCUT2D eigenvalue weighted by atomic mass is 10.0. The number of carbonyl (C=O) groups is 2. The maximum Gasteiger partial charge on any atom is 0.254 e. The third-order valence-electron chi connectivity index (χ3n) is 6.53. The van der Waals surface area contributed by atoms with E-state index in [4.69, 9.17) is 4.74 Å². The van der Waals surface area contributed by atoms with Gasteiger partial charge >= 0.3 is 0 Å². The molecule has 28 heavy (non-hydrogen) atoms. The Hall–Kier alpha value is -1.40. The zero-order valence-corrected chi connectivity index (χ0v) is 19.3. The van der Waals surface area contributed by atoms with Crippen molar-refractivity contribution >= 4 is 28.2 Å². The van der Waals surface area contributed by atoms with Crippen LogP contribution in [0.4, 0.5) is 5.00 Å². The van der Waals surface area contributed by atoms with Crippen molar-refractivity contribution in [3.8, 4) is 0 Å². The molecule has 0 radical (unpaired) electrons. The summed E-state index contributed by atoms with van der Waals surface area (Å²) in [6.07, 6.45) is 2.97. The van der Waals surface area contributed by atoms with Gasteiger partial charge in [0.25, 0.3) is 5.91 Å². The number of rotatable bonds is 10. The van der Waals surface area contributed by atoms with E-state index in [1.54, 1.807) is 0 Å². The molecule has 0 saturated heterocycles. The second-order valence-corrected chi connectivity index (χ2v) is 10.2. The number of hydrogen-bond donors (Lipinski definition) is 2. The summed E-state index contributed by atoms with van der Waals surface area (Å²) < 4.78 is 5.53. The normalized spacial score (nSPS) is 17.4. The van der Waals surface area contributed by atoms with E-state index < -0.39 is 0 Å². The number of ether oxygens (including phenoxy) is 1. The Morgan fingerprint density at radius 2 is 1.68 bits per heavy atom. The van der Waals surface area contributed by atoms with Gasteiger partial charge in [-0.1, -0.05) is 41.0 Å². The summed E-state index contributed by atoms with van der Waals surface area (Å²) in [5, 5.41) is 6.68. The average molecular weight is 409 g/mol. The zero-order valence-electron chi connectivity index (χ0n) is 18.5. The lowest BCUT2D eigenvalue weighted by Gasteiger charge is -2.10. The molecule has 1 aromatic rings. The third kappa shape index (κ3) is 4.60. The Balaban J connectivity index is 1.96. The molecule has 0 aliphatic heterocycles. The molecule has 158 valence electrons. The number of hydrogen-bond acceptors (Lipinski definition) is 4. The number of thiophene rings is 1. The van der Waals surface area contributed by atoms with Gasteiger partial charge < -0.3 is 15.4 Å². The van der Waals surface area contributed by atoms with Gasteiger partial charge in [0.15, 0.2) is 0 Å². The van der Waals surface area contributed by atoms with Crippen molar-refractivity contribution < 1.29 is 14.3 Å². The van der Waals surface area contributed by atoms with E-state index in [0.29, 0.717) is 23.7 Å². The zero-order chi connectivity index (χ0) is 21.1. The SMILES string of the molecule is CCCCOCCCNC(=O)c1c(NC(=O)C2C(C)(C)C2(C)C)sc(C)c1C. The fraction of sp³-hybridized carbons (Fsp3) is 0.727. The predicted molar refractivity (Wildman–Crippen MR) is 116 cm³/mol. The molecule has 2 N–H and O–H groups in total. The summed E-state index contributed by atoms with van der Waals surface area (Å²) in [5.41, 5.74) is 1.47. The highest BCUT2D eigenvalue weighted by molar-refractivity contribution is 7.16. The molecule has 1 saturated carbocycles. The Morgan fingerprint density at radius 3 is 2.25 bits per heavy atom. The molecule has 1 aromatic heterocycles. The monoisotopic (exact) mass is 408 g/mol. The lowest BCUT2D eigenvalue weighted by Crippen LogP contribution is -2.27. The van der Waals surface area contributed by atoms with Gasteiger partial charge in [0.2, 0.25) is 5.91 Å². The van der Waals surface area contributed by atoms with Gasteiger partial charge in [-0.25, -0.2) is 0 Å². The number of anilines is 1. The molecule has 6 heteroatoms. The van der Waals surface area contributed by atoms with Crippen LogP contribution in [0.5, 0.6) is 0 Å². The van der Waals surface area contributed by atoms with E-state index in [2.05, 4.69) is 45.3 Å². The summed E-state index contributed by atoms with van der Waals surface area (Å²) in [5.74, 6) is -0.159. The highest BCUT2D eigenvalue weighted by atomic mass is 32.1. The quantitative estimate of drug-likeness (QED) is 0.540. The minimum Gasteiger partial charge on any atom is -0.381 e. The molecule has 0 atom stereocenters. The van der Waals surface area contributed by atoms with Crippen LogP contribution < -0.4 is 10.6 Å². The Morgan fingerprint density at radius 1 is 1.07 bits per heavy atom. The minimum atomic E-state index is -0.125. The molecule has 0 bridgehead atoms. The van der Waals surface area contributed by atoms with Crippen molar-refractivity contribution in [2.45, 2.75) is 67.7 Å². The molecule has 1 aliphatic rings. The maximum atomic E-state index is 12.8. The van der Waals surface area contributed by atoms with Crippen molar-refractivity contribution in [2.24, 2.45) is 16.7 Å². The number of carbonyl (C=O) groups excluding carboxylic acids is 2. The fourth-order valence-corrected chi connectivity index (χ4v) is 4.90. The standard InChI is InChI=1S/C22H36N2O3S/c1-8-9-12-27-13-10-11-23-18(25)16-14(2)15(3)28-20(16)24-19(26)17-21(4,5)22(17,6)7/h17H,8-13H2,1-7H3,(H,23,25)(H,24,26). The Kier molecular flexibility index (Phi) is 7.32. The van der Waals surface area contributed by atoms with E-state index in [1.165, 1.54) is 11.3 Å². The van der Waals surface area contributed by atoms with E-state index in [0.717, 1.165) is 36.3 Å². The third-order valence-corrected chi connectivity index (χ3v) is 7.65. The van der Waals surface area contributed by atoms with Crippen LogP contribution in [0.25, 0.3) is 0 Å². The fourth-order valence-electron chi connectivity index (χ4n) is 3.84. The van der Waals surface area contributed by atoms with Crippen molar-refractivity contribution in [2.75, 3.05) is 25.1 Å². The van der Waals surface area contributed by atoms with Crippen LogP contribution in [-0.2, 0) is 9.53 Å². The first kappa shape index (κ1) is 22.9. The van der Waals surface area contributed by atoms with Gasteiger partial charge in [-0.15, -0.1) is 11.3 Å². The summed E-state index contributed by atoms with van der Waals surface area (Å²) >= 11 is 1.48.